The van der Waals surface area contributed by atoms with Crippen LogP contribution in [0.3, 0.4) is 0 Å². The van der Waals surface area contributed by atoms with Crippen molar-refractivity contribution in [1.82, 2.24) is 20.1 Å². The summed E-state index contributed by atoms with van der Waals surface area (Å²) >= 11 is 0. The lowest BCUT2D eigenvalue weighted by Crippen LogP contribution is -2.38. The molecule has 20 heavy (non-hydrogen) atoms. The monoisotopic (exact) mass is 278 g/mol. The largest absolute Gasteiger partial charge is 0.481 e. The minimum atomic E-state index is -0.812. The van der Waals surface area contributed by atoms with Crippen molar-refractivity contribution in [1.29, 1.82) is 0 Å². The Kier molecular flexibility index (Phi) is 2.99. The van der Waals surface area contributed by atoms with Gasteiger partial charge in [0.05, 0.1) is 5.92 Å². The fourth-order valence-corrected chi connectivity index (χ4v) is 3.31. The molecule has 3 heterocycles. The highest BCUT2D eigenvalue weighted by molar-refractivity contribution is 5.92. The van der Waals surface area contributed by atoms with Crippen LogP contribution in [-0.2, 0) is 4.79 Å². The standard InChI is InChI=1S/C13H18N4O3/c1-6(2)10-14-11(16-15-10)12(18)17-7-3-4-9(17)8(5-7)13(19)20/h6-9H,3-5H2,1-2H3,(H,19,20)(H,14,15,16). The zero-order chi connectivity index (χ0) is 14.4. The maximum atomic E-state index is 12.5. The number of hydrogen-bond donors (Lipinski definition) is 2. The molecule has 1 amide bonds. The molecule has 2 saturated heterocycles. The van der Waals surface area contributed by atoms with Crippen molar-refractivity contribution in [3.8, 4) is 0 Å². The number of carboxylic acids is 1. The van der Waals surface area contributed by atoms with Gasteiger partial charge in [0.15, 0.2) is 0 Å². The highest BCUT2D eigenvalue weighted by Crippen LogP contribution is 2.42. The molecular weight excluding hydrogens is 260 g/mol. The van der Waals surface area contributed by atoms with Crippen LogP contribution in [0.4, 0.5) is 0 Å². The van der Waals surface area contributed by atoms with Gasteiger partial charge < -0.3 is 10.0 Å². The zero-order valence-electron chi connectivity index (χ0n) is 11.5. The minimum Gasteiger partial charge on any atom is -0.481 e. The Balaban J connectivity index is 1.82. The molecule has 2 N–H and O–H groups in total. The summed E-state index contributed by atoms with van der Waals surface area (Å²) in [6.07, 6.45) is 2.18. The van der Waals surface area contributed by atoms with Crippen LogP contribution in [-0.4, -0.2) is 49.1 Å². The van der Waals surface area contributed by atoms with E-state index in [0.717, 1.165) is 12.8 Å². The number of aromatic amines is 1. The van der Waals surface area contributed by atoms with Gasteiger partial charge in [-0.05, 0) is 19.3 Å². The summed E-state index contributed by atoms with van der Waals surface area (Å²) in [6.45, 7) is 3.93. The second-order valence-corrected chi connectivity index (χ2v) is 5.89. The third kappa shape index (κ3) is 1.88. The number of carbonyl (C=O) groups is 2. The van der Waals surface area contributed by atoms with E-state index in [9.17, 15) is 14.7 Å². The second kappa shape index (κ2) is 4.57. The summed E-state index contributed by atoms with van der Waals surface area (Å²) in [4.78, 5) is 29.6. The number of nitrogens with zero attached hydrogens (tertiary/aromatic N) is 3. The normalized spacial score (nSPS) is 28.4. The molecule has 7 heteroatoms. The van der Waals surface area contributed by atoms with Crippen molar-refractivity contribution in [3.63, 3.8) is 0 Å². The van der Waals surface area contributed by atoms with E-state index in [2.05, 4.69) is 15.2 Å². The predicted octanol–water partition coefficient (Wildman–Crippen LogP) is 1.01. The van der Waals surface area contributed by atoms with Gasteiger partial charge in [-0.2, -0.15) is 0 Å². The third-order valence-electron chi connectivity index (χ3n) is 4.33. The number of aliphatic carboxylic acids is 1. The average molecular weight is 278 g/mol. The van der Waals surface area contributed by atoms with Crippen LogP contribution in [0.5, 0.6) is 0 Å². The van der Waals surface area contributed by atoms with E-state index in [1.165, 1.54) is 0 Å². The van der Waals surface area contributed by atoms with Crippen molar-refractivity contribution in [2.75, 3.05) is 0 Å². The number of carboxylic acid groups (broad SMARTS) is 1. The number of nitrogens with one attached hydrogen (secondary N) is 1. The summed E-state index contributed by atoms with van der Waals surface area (Å²) in [5, 5.41) is 15.9. The Morgan fingerprint density at radius 3 is 2.70 bits per heavy atom. The first-order chi connectivity index (χ1) is 9.49. The minimum absolute atomic E-state index is 0.0228. The van der Waals surface area contributed by atoms with Crippen LogP contribution in [0.1, 0.15) is 55.5 Å². The first-order valence-corrected chi connectivity index (χ1v) is 6.96. The van der Waals surface area contributed by atoms with E-state index in [4.69, 9.17) is 0 Å². The van der Waals surface area contributed by atoms with Crippen molar-refractivity contribution in [2.24, 2.45) is 5.92 Å². The molecule has 2 bridgehead atoms. The molecule has 0 saturated carbocycles. The fraction of sp³-hybridized carbons (Fsp3) is 0.692. The molecular formula is C13H18N4O3. The molecule has 1 aromatic rings. The van der Waals surface area contributed by atoms with Gasteiger partial charge in [0.25, 0.3) is 5.91 Å². The molecule has 2 fully saturated rings. The van der Waals surface area contributed by atoms with Crippen LogP contribution < -0.4 is 0 Å². The molecule has 0 aliphatic carbocycles. The van der Waals surface area contributed by atoms with Gasteiger partial charge >= 0.3 is 5.97 Å². The van der Waals surface area contributed by atoms with Gasteiger partial charge in [0.1, 0.15) is 5.82 Å². The molecule has 7 nitrogen and oxygen atoms in total. The third-order valence-corrected chi connectivity index (χ3v) is 4.33. The quantitative estimate of drug-likeness (QED) is 0.859. The summed E-state index contributed by atoms with van der Waals surface area (Å²) < 4.78 is 0. The molecule has 0 spiro atoms. The van der Waals surface area contributed by atoms with E-state index in [0.29, 0.717) is 12.2 Å². The lowest BCUT2D eigenvalue weighted by atomic mass is 9.89. The molecule has 3 unspecified atom stereocenters. The highest BCUT2D eigenvalue weighted by Gasteiger charge is 2.52. The smallest absolute Gasteiger partial charge is 0.308 e. The molecule has 0 aromatic carbocycles. The van der Waals surface area contributed by atoms with Gasteiger partial charge in [0.2, 0.25) is 5.82 Å². The molecule has 3 atom stereocenters. The van der Waals surface area contributed by atoms with Crippen molar-refractivity contribution in [3.05, 3.63) is 11.6 Å². The van der Waals surface area contributed by atoms with Crippen molar-refractivity contribution >= 4 is 11.9 Å². The number of rotatable bonds is 3. The molecule has 3 rings (SSSR count). The SMILES string of the molecule is CC(C)c1nc(C(=O)N2C3CCC2C(C(=O)O)C3)n[nH]1. The number of amides is 1. The zero-order valence-corrected chi connectivity index (χ0v) is 11.5. The number of carbonyl (C=O) groups excluding carboxylic acids is 1. The van der Waals surface area contributed by atoms with Gasteiger partial charge in [-0.1, -0.05) is 13.8 Å². The predicted molar refractivity (Wildman–Crippen MR) is 69.2 cm³/mol. The van der Waals surface area contributed by atoms with Crippen LogP contribution in [0, 0.1) is 5.92 Å². The average Bonchev–Trinajstić information content (AvgIpc) is 3.11. The Morgan fingerprint density at radius 2 is 2.15 bits per heavy atom. The van der Waals surface area contributed by atoms with Gasteiger partial charge in [0, 0.05) is 18.0 Å². The Hall–Kier alpha value is -1.92. The van der Waals surface area contributed by atoms with Crippen LogP contribution in [0.25, 0.3) is 0 Å². The summed E-state index contributed by atoms with van der Waals surface area (Å²) in [5.41, 5.74) is 0. The van der Waals surface area contributed by atoms with E-state index in [1.807, 2.05) is 13.8 Å². The maximum absolute atomic E-state index is 12.5. The molecule has 0 radical (unpaired) electrons. The Labute approximate surface area is 116 Å². The maximum Gasteiger partial charge on any atom is 0.308 e. The first-order valence-electron chi connectivity index (χ1n) is 6.96. The number of hydrogen-bond acceptors (Lipinski definition) is 4. The van der Waals surface area contributed by atoms with Crippen LogP contribution in [0.2, 0.25) is 0 Å². The Bertz CT molecular complexity index is 554. The summed E-state index contributed by atoms with van der Waals surface area (Å²) in [6, 6.07) is -0.180. The number of aromatic nitrogens is 3. The Morgan fingerprint density at radius 1 is 1.40 bits per heavy atom. The molecule has 2 aliphatic rings. The van der Waals surface area contributed by atoms with E-state index < -0.39 is 11.9 Å². The van der Waals surface area contributed by atoms with Crippen molar-refractivity contribution < 1.29 is 14.7 Å². The highest BCUT2D eigenvalue weighted by atomic mass is 16.4. The van der Waals surface area contributed by atoms with Crippen molar-refractivity contribution in [2.45, 2.75) is 51.1 Å². The topological polar surface area (TPSA) is 99.2 Å². The lowest BCUT2D eigenvalue weighted by molar-refractivity contribution is -0.142. The van der Waals surface area contributed by atoms with Gasteiger partial charge in [-0.3, -0.25) is 14.7 Å². The second-order valence-electron chi connectivity index (χ2n) is 5.89. The number of H-pyrrole nitrogens is 1. The molecule has 2 aliphatic heterocycles. The van der Waals surface area contributed by atoms with Crippen LogP contribution >= 0.6 is 0 Å². The fourth-order valence-electron chi connectivity index (χ4n) is 3.31. The summed E-state index contributed by atoms with van der Waals surface area (Å²) in [5.74, 6) is -0.504. The van der Waals surface area contributed by atoms with Gasteiger partial charge in [-0.25, -0.2) is 4.98 Å². The van der Waals surface area contributed by atoms with Gasteiger partial charge in [-0.15, -0.1) is 5.10 Å². The van der Waals surface area contributed by atoms with E-state index in [-0.39, 0.29) is 29.7 Å². The molecule has 1 aromatic heterocycles. The molecule has 108 valence electrons. The number of fused-ring (bicyclic) bond motifs is 2. The lowest BCUT2D eigenvalue weighted by Gasteiger charge is -2.21. The van der Waals surface area contributed by atoms with Crippen LogP contribution in [0.15, 0.2) is 0 Å². The summed E-state index contributed by atoms with van der Waals surface area (Å²) in [7, 11) is 0. The first kappa shape index (κ1) is 13.1. The van der Waals surface area contributed by atoms with E-state index >= 15 is 0 Å². The van der Waals surface area contributed by atoms with E-state index in [1.54, 1.807) is 4.90 Å².